The molecule has 0 aliphatic heterocycles. The van der Waals surface area contributed by atoms with Gasteiger partial charge in [-0.15, -0.1) is 0 Å². The third-order valence-electron chi connectivity index (χ3n) is 3.20. The molecule has 1 atom stereocenters. The summed E-state index contributed by atoms with van der Waals surface area (Å²) in [6, 6.07) is 12.9. The molecule has 2 nitrogen and oxygen atoms in total. The summed E-state index contributed by atoms with van der Waals surface area (Å²) in [5.41, 5.74) is 10.0. The minimum atomic E-state index is -0.215. The van der Waals surface area contributed by atoms with Crippen LogP contribution in [0.5, 0.6) is 0 Å². The van der Waals surface area contributed by atoms with E-state index in [9.17, 15) is 4.39 Å². The summed E-state index contributed by atoms with van der Waals surface area (Å²) < 4.78 is 13.1. The number of nitrogens with two attached hydrogens (primary N) is 1. The molecule has 19 heavy (non-hydrogen) atoms. The van der Waals surface area contributed by atoms with Crippen LogP contribution in [0.2, 0.25) is 0 Å². The Morgan fingerprint density at radius 1 is 1.16 bits per heavy atom. The second kappa shape index (κ2) is 5.85. The van der Waals surface area contributed by atoms with Gasteiger partial charge in [-0.3, -0.25) is 0 Å². The molecule has 0 bridgehead atoms. The topological polar surface area (TPSA) is 38.0 Å². The van der Waals surface area contributed by atoms with Gasteiger partial charge in [-0.1, -0.05) is 18.2 Å². The highest BCUT2D eigenvalue weighted by molar-refractivity contribution is 5.48. The van der Waals surface area contributed by atoms with Crippen LogP contribution >= 0.6 is 0 Å². The van der Waals surface area contributed by atoms with Crippen LogP contribution in [0, 0.1) is 19.7 Å². The van der Waals surface area contributed by atoms with E-state index in [1.165, 1.54) is 17.7 Å². The number of aryl methyl sites for hydroxylation is 2. The Labute approximate surface area is 113 Å². The molecule has 0 aliphatic rings. The fraction of sp³-hybridized carbons (Fsp3) is 0.250. The number of anilines is 1. The minimum absolute atomic E-state index is 0.0117. The fourth-order valence-electron chi connectivity index (χ4n) is 2.23. The zero-order valence-corrected chi connectivity index (χ0v) is 11.3. The molecule has 2 aromatic rings. The molecule has 100 valence electrons. The van der Waals surface area contributed by atoms with Crippen molar-refractivity contribution in [2.75, 3.05) is 11.9 Å². The van der Waals surface area contributed by atoms with Gasteiger partial charge in [-0.25, -0.2) is 4.39 Å². The molecule has 0 fully saturated rings. The van der Waals surface area contributed by atoms with Crippen LogP contribution in [-0.4, -0.2) is 6.54 Å². The Bertz CT molecular complexity index is 566. The van der Waals surface area contributed by atoms with Gasteiger partial charge in [0.05, 0.1) is 6.04 Å². The predicted molar refractivity (Wildman–Crippen MR) is 77.7 cm³/mol. The summed E-state index contributed by atoms with van der Waals surface area (Å²) in [4.78, 5) is 0. The van der Waals surface area contributed by atoms with Crippen molar-refractivity contribution >= 4 is 5.69 Å². The van der Waals surface area contributed by atoms with Crippen molar-refractivity contribution in [3.05, 3.63) is 65.0 Å². The summed E-state index contributed by atoms with van der Waals surface area (Å²) in [5, 5.41) is 3.40. The van der Waals surface area contributed by atoms with Crippen LogP contribution in [-0.2, 0) is 0 Å². The van der Waals surface area contributed by atoms with E-state index in [1.54, 1.807) is 6.07 Å². The van der Waals surface area contributed by atoms with E-state index >= 15 is 0 Å². The van der Waals surface area contributed by atoms with Crippen molar-refractivity contribution in [3.8, 4) is 0 Å². The second-order valence-electron chi connectivity index (χ2n) is 4.80. The highest BCUT2D eigenvalue weighted by atomic mass is 19.1. The molecule has 0 aliphatic carbocycles. The molecule has 0 saturated carbocycles. The highest BCUT2D eigenvalue weighted by Crippen LogP contribution is 2.23. The molecule has 0 radical (unpaired) electrons. The maximum absolute atomic E-state index is 13.1. The van der Waals surface area contributed by atoms with Crippen molar-refractivity contribution in [1.29, 1.82) is 0 Å². The average molecular weight is 258 g/mol. The third kappa shape index (κ3) is 3.32. The number of halogens is 1. The molecule has 0 heterocycles. The molecular weight excluding hydrogens is 239 g/mol. The number of rotatable bonds is 4. The van der Waals surface area contributed by atoms with E-state index in [0.29, 0.717) is 6.54 Å². The lowest BCUT2D eigenvalue weighted by Crippen LogP contribution is -2.21. The molecule has 1 unspecified atom stereocenters. The van der Waals surface area contributed by atoms with E-state index in [1.807, 2.05) is 32.0 Å². The molecule has 0 aromatic heterocycles. The van der Waals surface area contributed by atoms with Crippen molar-refractivity contribution in [2.45, 2.75) is 19.9 Å². The van der Waals surface area contributed by atoms with Crippen LogP contribution in [0.4, 0.5) is 10.1 Å². The summed E-state index contributed by atoms with van der Waals surface area (Å²) in [6.07, 6.45) is 0. The van der Waals surface area contributed by atoms with E-state index < -0.39 is 0 Å². The van der Waals surface area contributed by atoms with Gasteiger partial charge in [-0.2, -0.15) is 0 Å². The fourth-order valence-corrected chi connectivity index (χ4v) is 2.23. The lowest BCUT2D eigenvalue weighted by molar-refractivity contribution is 0.624. The highest BCUT2D eigenvalue weighted by Gasteiger charge is 2.12. The first kappa shape index (κ1) is 13.6. The summed E-state index contributed by atoms with van der Waals surface area (Å²) >= 11 is 0. The zero-order valence-electron chi connectivity index (χ0n) is 11.3. The lowest BCUT2D eigenvalue weighted by Gasteiger charge is -2.21. The Morgan fingerprint density at radius 3 is 2.58 bits per heavy atom. The van der Waals surface area contributed by atoms with Gasteiger partial charge in [-0.05, 0) is 54.8 Å². The summed E-state index contributed by atoms with van der Waals surface area (Å²) in [7, 11) is 0. The van der Waals surface area contributed by atoms with Gasteiger partial charge in [0, 0.05) is 12.2 Å². The number of hydrogen-bond donors (Lipinski definition) is 2. The number of benzene rings is 2. The van der Waals surface area contributed by atoms with Crippen molar-refractivity contribution in [1.82, 2.24) is 0 Å². The van der Waals surface area contributed by atoms with Crippen molar-refractivity contribution in [2.24, 2.45) is 5.73 Å². The Balaban J connectivity index is 2.25. The first-order valence-electron chi connectivity index (χ1n) is 6.39. The maximum Gasteiger partial charge on any atom is 0.123 e. The Hall–Kier alpha value is -1.87. The maximum atomic E-state index is 13.1. The van der Waals surface area contributed by atoms with Crippen LogP contribution in [0.3, 0.4) is 0 Å². The molecule has 0 spiro atoms. The second-order valence-corrected chi connectivity index (χ2v) is 4.80. The quantitative estimate of drug-likeness (QED) is 0.880. The number of hydrogen-bond acceptors (Lipinski definition) is 2. The Kier molecular flexibility index (Phi) is 4.17. The van der Waals surface area contributed by atoms with Gasteiger partial charge in [0.1, 0.15) is 5.82 Å². The van der Waals surface area contributed by atoms with Crippen molar-refractivity contribution in [3.63, 3.8) is 0 Å². The summed E-state index contributed by atoms with van der Waals surface area (Å²) in [6.45, 7) is 4.41. The normalized spacial score (nSPS) is 12.2. The first-order valence-corrected chi connectivity index (χ1v) is 6.39. The standard InChI is InChI=1S/C16H19FN2/c1-11-4-3-5-14(8-11)19-16(10-18)15-7-6-13(17)9-12(15)2/h3-9,16,19H,10,18H2,1-2H3. The van der Waals surface area contributed by atoms with Crippen LogP contribution in [0.1, 0.15) is 22.7 Å². The smallest absolute Gasteiger partial charge is 0.123 e. The predicted octanol–water partition coefficient (Wildman–Crippen LogP) is 3.55. The molecule has 2 aromatic carbocycles. The molecular formula is C16H19FN2. The average Bonchev–Trinajstić information content (AvgIpc) is 2.37. The molecule has 3 N–H and O–H groups in total. The molecule has 2 rings (SSSR count). The summed E-state index contributed by atoms with van der Waals surface area (Å²) in [5.74, 6) is -0.215. The third-order valence-corrected chi connectivity index (χ3v) is 3.20. The van der Waals surface area contributed by atoms with E-state index in [4.69, 9.17) is 5.73 Å². The monoisotopic (exact) mass is 258 g/mol. The van der Waals surface area contributed by atoms with Crippen LogP contribution in [0.25, 0.3) is 0 Å². The lowest BCUT2D eigenvalue weighted by atomic mass is 10.0. The Morgan fingerprint density at radius 2 is 1.95 bits per heavy atom. The van der Waals surface area contributed by atoms with Gasteiger partial charge >= 0.3 is 0 Å². The van der Waals surface area contributed by atoms with Crippen LogP contribution < -0.4 is 11.1 Å². The van der Waals surface area contributed by atoms with Gasteiger partial charge in [0.25, 0.3) is 0 Å². The van der Waals surface area contributed by atoms with Crippen molar-refractivity contribution < 1.29 is 4.39 Å². The van der Waals surface area contributed by atoms with Gasteiger partial charge in [0.15, 0.2) is 0 Å². The first-order chi connectivity index (χ1) is 9.10. The molecule has 0 saturated heterocycles. The SMILES string of the molecule is Cc1cccc(NC(CN)c2ccc(F)cc2C)c1. The largest absolute Gasteiger partial charge is 0.377 e. The number of nitrogens with one attached hydrogen (secondary N) is 1. The molecule has 0 amide bonds. The van der Waals surface area contributed by atoms with E-state index in [-0.39, 0.29) is 11.9 Å². The minimum Gasteiger partial charge on any atom is -0.377 e. The van der Waals surface area contributed by atoms with E-state index in [0.717, 1.165) is 16.8 Å². The van der Waals surface area contributed by atoms with Crippen LogP contribution in [0.15, 0.2) is 42.5 Å². The van der Waals surface area contributed by atoms with E-state index in [2.05, 4.69) is 11.4 Å². The van der Waals surface area contributed by atoms with Gasteiger partial charge < -0.3 is 11.1 Å². The zero-order chi connectivity index (χ0) is 13.8. The molecule has 3 heteroatoms. The van der Waals surface area contributed by atoms with Gasteiger partial charge in [0.2, 0.25) is 0 Å².